The first-order valence-corrected chi connectivity index (χ1v) is 5.40. The molecule has 1 rings (SSSR count). The van der Waals surface area contributed by atoms with Crippen LogP contribution in [0.1, 0.15) is 25.8 Å². The minimum absolute atomic E-state index is 0.00820. The fourth-order valence-electron chi connectivity index (χ4n) is 1.27. The molecule has 0 heterocycles. The van der Waals surface area contributed by atoms with Crippen LogP contribution in [0, 0.1) is 17.0 Å². The third-order valence-corrected chi connectivity index (χ3v) is 2.35. The van der Waals surface area contributed by atoms with Crippen molar-refractivity contribution < 1.29 is 14.8 Å². The molecule has 0 radical (unpaired) electrons. The molecule has 0 unspecified atom stereocenters. The number of ether oxygens (including phenoxy) is 1. The number of nitro groups is 1. The molecule has 5 nitrogen and oxygen atoms in total. The Morgan fingerprint density at radius 2 is 2.12 bits per heavy atom. The molecule has 5 heteroatoms. The first kappa shape index (κ1) is 13.4. The van der Waals surface area contributed by atoms with Crippen LogP contribution >= 0.6 is 0 Å². The average molecular weight is 239 g/mol. The van der Waals surface area contributed by atoms with E-state index in [9.17, 15) is 15.2 Å². The maximum atomic E-state index is 10.6. The van der Waals surface area contributed by atoms with E-state index >= 15 is 0 Å². The molecule has 0 saturated heterocycles. The summed E-state index contributed by atoms with van der Waals surface area (Å²) < 4.78 is 5.44. The van der Waals surface area contributed by atoms with Gasteiger partial charge in [-0.25, -0.2) is 0 Å². The molecule has 0 aliphatic heterocycles. The maximum Gasteiger partial charge on any atom is 0.273 e. The van der Waals surface area contributed by atoms with Gasteiger partial charge in [-0.2, -0.15) is 0 Å². The summed E-state index contributed by atoms with van der Waals surface area (Å²) in [6.07, 6.45) is 0.467. The summed E-state index contributed by atoms with van der Waals surface area (Å²) in [5, 5.41) is 20.1. The number of rotatable bonds is 5. The van der Waals surface area contributed by atoms with E-state index in [-0.39, 0.29) is 5.69 Å². The van der Waals surface area contributed by atoms with E-state index < -0.39 is 10.5 Å². The number of benzene rings is 1. The van der Waals surface area contributed by atoms with Gasteiger partial charge in [0.2, 0.25) is 0 Å². The van der Waals surface area contributed by atoms with E-state index in [0.29, 0.717) is 18.8 Å². The molecule has 0 aliphatic rings. The summed E-state index contributed by atoms with van der Waals surface area (Å²) in [6, 6.07) is 4.50. The molecule has 0 atom stereocenters. The van der Waals surface area contributed by atoms with E-state index in [1.54, 1.807) is 19.9 Å². The van der Waals surface area contributed by atoms with Crippen molar-refractivity contribution in [3.8, 4) is 5.75 Å². The highest BCUT2D eigenvalue weighted by atomic mass is 16.6. The molecule has 0 saturated carbocycles. The second-order valence-corrected chi connectivity index (χ2v) is 4.62. The fourth-order valence-corrected chi connectivity index (χ4v) is 1.27. The van der Waals surface area contributed by atoms with E-state index in [1.807, 2.05) is 6.92 Å². The minimum atomic E-state index is -0.797. The summed E-state index contributed by atoms with van der Waals surface area (Å²) in [4.78, 5) is 10.2. The van der Waals surface area contributed by atoms with Crippen molar-refractivity contribution in [1.82, 2.24) is 0 Å². The second-order valence-electron chi connectivity index (χ2n) is 4.62. The van der Waals surface area contributed by atoms with Crippen LogP contribution in [0.2, 0.25) is 0 Å². The topological polar surface area (TPSA) is 72.6 Å². The predicted molar refractivity (Wildman–Crippen MR) is 64.2 cm³/mol. The first-order chi connectivity index (χ1) is 7.79. The Labute approximate surface area is 100 Å². The number of nitro benzene ring substituents is 1. The van der Waals surface area contributed by atoms with Crippen molar-refractivity contribution in [1.29, 1.82) is 0 Å². The van der Waals surface area contributed by atoms with Crippen molar-refractivity contribution in [2.75, 3.05) is 6.61 Å². The number of nitrogens with zero attached hydrogens (tertiary/aromatic N) is 1. The van der Waals surface area contributed by atoms with Crippen LogP contribution in [-0.2, 0) is 0 Å². The average Bonchev–Trinajstić information content (AvgIpc) is 2.18. The lowest BCUT2D eigenvalue weighted by Gasteiger charge is -2.17. The van der Waals surface area contributed by atoms with Crippen molar-refractivity contribution in [2.45, 2.75) is 32.8 Å². The molecular weight excluding hydrogens is 222 g/mol. The first-order valence-electron chi connectivity index (χ1n) is 5.40. The van der Waals surface area contributed by atoms with Crippen molar-refractivity contribution in [2.24, 2.45) is 0 Å². The molecule has 0 aliphatic carbocycles. The third kappa shape index (κ3) is 4.40. The number of non-ortho nitro benzene ring substituents is 1. The molecule has 0 fully saturated rings. The number of aliphatic hydroxyl groups is 1. The highest BCUT2D eigenvalue weighted by Crippen LogP contribution is 2.24. The molecule has 17 heavy (non-hydrogen) atoms. The molecule has 1 aromatic rings. The predicted octanol–water partition coefficient (Wildman–Crippen LogP) is 2.44. The van der Waals surface area contributed by atoms with Crippen LogP contribution in [0.15, 0.2) is 18.2 Å². The highest BCUT2D eigenvalue weighted by Gasteiger charge is 2.14. The summed E-state index contributed by atoms with van der Waals surface area (Å²) in [6.45, 7) is 5.53. The van der Waals surface area contributed by atoms with Crippen molar-refractivity contribution in [3.63, 3.8) is 0 Å². The van der Waals surface area contributed by atoms with Gasteiger partial charge in [-0.05, 0) is 32.4 Å². The minimum Gasteiger partial charge on any atom is -0.493 e. The van der Waals surface area contributed by atoms with Gasteiger partial charge in [-0.3, -0.25) is 10.1 Å². The number of hydrogen-bond donors (Lipinski definition) is 1. The van der Waals surface area contributed by atoms with Crippen LogP contribution < -0.4 is 4.74 Å². The molecule has 0 aromatic heterocycles. The van der Waals surface area contributed by atoms with E-state index in [0.717, 1.165) is 5.56 Å². The van der Waals surface area contributed by atoms with Gasteiger partial charge in [0.25, 0.3) is 5.69 Å². The Morgan fingerprint density at radius 1 is 1.47 bits per heavy atom. The monoisotopic (exact) mass is 239 g/mol. The lowest BCUT2D eigenvalue weighted by Crippen LogP contribution is -2.21. The van der Waals surface area contributed by atoms with Crippen molar-refractivity contribution in [3.05, 3.63) is 33.9 Å². The lowest BCUT2D eigenvalue weighted by atomic mass is 10.1. The van der Waals surface area contributed by atoms with E-state index in [2.05, 4.69) is 0 Å². The Balaban J connectivity index is 2.70. The second kappa shape index (κ2) is 5.14. The fraction of sp³-hybridized carbons (Fsp3) is 0.500. The van der Waals surface area contributed by atoms with Gasteiger partial charge in [0, 0.05) is 12.5 Å². The quantitative estimate of drug-likeness (QED) is 0.632. The zero-order valence-electron chi connectivity index (χ0n) is 10.3. The van der Waals surface area contributed by atoms with Crippen LogP contribution in [0.5, 0.6) is 5.75 Å². The molecule has 0 amide bonds. The zero-order valence-corrected chi connectivity index (χ0v) is 10.3. The highest BCUT2D eigenvalue weighted by molar-refractivity contribution is 5.43. The zero-order chi connectivity index (χ0) is 13.1. The largest absolute Gasteiger partial charge is 0.493 e. The van der Waals surface area contributed by atoms with Gasteiger partial charge in [-0.1, -0.05) is 0 Å². The van der Waals surface area contributed by atoms with Crippen LogP contribution in [0.4, 0.5) is 5.69 Å². The lowest BCUT2D eigenvalue weighted by molar-refractivity contribution is -0.384. The number of aryl methyl sites for hydroxylation is 1. The Hall–Kier alpha value is -1.62. The molecule has 0 bridgehead atoms. The van der Waals surface area contributed by atoms with Crippen LogP contribution in [-0.4, -0.2) is 22.2 Å². The third-order valence-electron chi connectivity index (χ3n) is 2.35. The molecule has 1 N–H and O–H groups in total. The molecule has 94 valence electrons. The van der Waals surface area contributed by atoms with Gasteiger partial charge in [0.15, 0.2) is 0 Å². The van der Waals surface area contributed by atoms with E-state index in [4.69, 9.17) is 4.74 Å². The SMILES string of the molecule is Cc1ccc([N+](=O)[O-])cc1OCCC(C)(C)O. The summed E-state index contributed by atoms with van der Waals surface area (Å²) in [5.74, 6) is 0.489. The van der Waals surface area contributed by atoms with Gasteiger partial charge in [0.05, 0.1) is 23.2 Å². The smallest absolute Gasteiger partial charge is 0.273 e. The van der Waals surface area contributed by atoms with Gasteiger partial charge < -0.3 is 9.84 Å². The van der Waals surface area contributed by atoms with E-state index in [1.165, 1.54) is 12.1 Å². The van der Waals surface area contributed by atoms with Crippen molar-refractivity contribution >= 4 is 5.69 Å². The number of hydrogen-bond acceptors (Lipinski definition) is 4. The maximum absolute atomic E-state index is 10.6. The Bertz CT molecular complexity index is 409. The standard InChI is InChI=1S/C12H17NO4/c1-9-4-5-10(13(15)16)8-11(9)17-7-6-12(2,3)14/h4-5,8,14H,6-7H2,1-3H3. The normalized spacial score (nSPS) is 11.3. The Morgan fingerprint density at radius 3 is 2.65 bits per heavy atom. The van der Waals surface area contributed by atoms with Gasteiger partial charge >= 0.3 is 0 Å². The summed E-state index contributed by atoms with van der Waals surface area (Å²) >= 11 is 0. The van der Waals surface area contributed by atoms with Crippen LogP contribution in [0.25, 0.3) is 0 Å². The molecule has 1 aromatic carbocycles. The van der Waals surface area contributed by atoms with Gasteiger partial charge in [0.1, 0.15) is 5.75 Å². The Kier molecular flexibility index (Phi) is 4.07. The molecule has 0 spiro atoms. The van der Waals surface area contributed by atoms with Crippen LogP contribution in [0.3, 0.4) is 0 Å². The van der Waals surface area contributed by atoms with Gasteiger partial charge in [-0.15, -0.1) is 0 Å². The summed E-state index contributed by atoms with van der Waals surface area (Å²) in [5.41, 5.74) is 0.0504. The summed E-state index contributed by atoms with van der Waals surface area (Å²) in [7, 11) is 0. The molecular formula is C12H17NO4.